The van der Waals surface area contributed by atoms with E-state index in [0.717, 1.165) is 11.3 Å². The molecule has 0 spiro atoms. The third kappa shape index (κ3) is 4.31. The maximum atomic E-state index is 11.1. The van der Waals surface area contributed by atoms with Gasteiger partial charge in [-0.1, -0.05) is 33.8 Å². The fraction of sp³-hybridized carbons (Fsp3) is 0.600. The van der Waals surface area contributed by atoms with Gasteiger partial charge in [0, 0.05) is 23.9 Å². The van der Waals surface area contributed by atoms with Gasteiger partial charge in [0.1, 0.15) is 6.04 Å². The topological polar surface area (TPSA) is 53.4 Å². The Morgan fingerprint density at radius 2 is 2.05 bits per heavy atom. The van der Waals surface area contributed by atoms with Crippen molar-refractivity contribution < 1.29 is 9.90 Å². The van der Waals surface area contributed by atoms with Crippen molar-refractivity contribution in [1.82, 2.24) is 9.88 Å². The number of carbonyl (C=O) groups is 1. The first kappa shape index (κ1) is 15.6. The van der Waals surface area contributed by atoms with Crippen molar-refractivity contribution in [3.63, 3.8) is 0 Å². The van der Waals surface area contributed by atoms with Crippen molar-refractivity contribution in [2.24, 2.45) is 0 Å². The van der Waals surface area contributed by atoms with Gasteiger partial charge >= 0.3 is 5.97 Å². The maximum Gasteiger partial charge on any atom is 0.320 e. The van der Waals surface area contributed by atoms with Crippen LogP contribution < -0.4 is 0 Å². The van der Waals surface area contributed by atoms with Crippen LogP contribution in [-0.4, -0.2) is 34.0 Å². The molecule has 1 aromatic rings. The summed E-state index contributed by atoms with van der Waals surface area (Å²) in [5.41, 5.74) is 2.12. The van der Waals surface area contributed by atoms with Crippen LogP contribution in [-0.2, 0) is 16.8 Å². The lowest BCUT2D eigenvalue weighted by Gasteiger charge is -2.24. The normalized spacial score (nSPS) is 13.6. The molecule has 0 saturated carbocycles. The lowest BCUT2D eigenvalue weighted by Crippen LogP contribution is -2.37. The molecule has 0 bridgehead atoms. The first-order valence-corrected chi connectivity index (χ1v) is 6.64. The quantitative estimate of drug-likeness (QED) is 0.888. The Bertz CT molecular complexity index is 421. The average Bonchev–Trinajstić information content (AvgIpc) is 2.28. The Hall–Kier alpha value is -1.42. The van der Waals surface area contributed by atoms with Crippen LogP contribution in [0.15, 0.2) is 18.3 Å². The Balaban J connectivity index is 2.75. The highest BCUT2D eigenvalue weighted by atomic mass is 16.4. The molecule has 0 unspecified atom stereocenters. The fourth-order valence-corrected chi connectivity index (χ4v) is 2.03. The second-order valence-corrected chi connectivity index (χ2v) is 5.98. The van der Waals surface area contributed by atoms with Crippen LogP contribution in [0.4, 0.5) is 0 Å². The molecule has 0 aliphatic carbocycles. The zero-order valence-corrected chi connectivity index (χ0v) is 12.5. The minimum absolute atomic E-state index is 0.0391. The summed E-state index contributed by atoms with van der Waals surface area (Å²) >= 11 is 0. The van der Waals surface area contributed by atoms with Gasteiger partial charge < -0.3 is 5.11 Å². The van der Waals surface area contributed by atoms with E-state index in [1.165, 1.54) is 0 Å². The van der Waals surface area contributed by atoms with E-state index in [9.17, 15) is 4.79 Å². The van der Waals surface area contributed by atoms with E-state index in [-0.39, 0.29) is 5.41 Å². The molecule has 1 rings (SSSR count). The summed E-state index contributed by atoms with van der Waals surface area (Å²) < 4.78 is 0. The number of carboxylic acids is 1. The largest absolute Gasteiger partial charge is 0.480 e. The van der Waals surface area contributed by atoms with Gasteiger partial charge in [-0.15, -0.1) is 0 Å². The van der Waals surface area contributed by atoms with Gasteiger partial charge in [-0.25, -0.2) is 0 Å². The van der Waals surface area contributed by atoms with Crippen molar-refractivity contribution in [3.8, 4) is 0 Å². The van der Waals surface area contributed by atoms with E-state index in [4.69, 9.17) is 5.11 Å². The number of hydrogen-bond acceptors (Lipinski definition) is 3. The molecule has 106 valence electrons. The molecule has 1 aromatic heterocycles. The molecular weight excluding hydrogens is 240 g/mol. The molecule has 0 aromatic carbocycles. The number of rotatable bonds is 5. The van der Waals surface area contributed by atoms with Crippen LogP contribution in [0.5, 0.6) is 0 Å². The molecule has 0 radical (unpaired) electrons. The first-order chi connectivity index (χ1) is 8.75. The highest BCUT2D eigenvalue weighted by molar-refractivity contribution is 5.73. The van der Waals surface area contributed by atoms with Gasteiger partial charge in [0.05, 0.1) is 0 Å². The molecular formula is C15H24N2O2. The van der Waals surface area contributed by atoms with Crippen molar-refractivity contribution in [2.75, 3.05) is 7.05 Å². The lowest BCUT2D eigenvalue weighted by molar-refractivity contribution is -0.143. The number of hydrogen-bond donors (Lipinski definition) is 1. The first-order valence-electron chi connectivity index (χ1n) is 6.64. The predicted octanol–water partition coefficient (Wildman–Crippen LogP) is 2.67. The van der Waals surface area contributed by atoms with Gasteiger partial charge in [0.15, 0.2) is 0 Å². The number of carboxylic acid groups (broad SMARTS) is 1. The van der Waals surface area contributed by atoms with E-state index in [0.29, 0.717) is 13.0 Å². The van der Waals surface area contributed by atoms with Crippen LogP contribution >= 0.6 is 0 Å². The van der Waals surface area contributed by atoms with Crippen molar-refractivity contribution >= 4 is 5.97 Å². The summed E-state index contributed by atoms with van der Waals surface area (Å²) in [6.07, 6.45) is 2.44. The van der Waals surface area contributed by atoms with Crippen LogP contribution in [0.3, 0.4) is 0 Å². The molecule has 0 amide bonds. The van der Waals surface area contributed by atoms with Crippen LogP contribution in [0.1, 0.15) is 45.4 Å². The molecule has 1 N–H and O–H groups in total. The Morgan fingerprint density at radius 1 is 1.42 bits per heavy atom. The predicted molar refractivity (Wildman–Crippen MR) is 76.1 cm³/mol. The monoisotopic (exact) mass is 264 g/mol. The molecule has 0 fully saturated rings. The molecule has 19 heavy (non-hydrogen) atoms. The minimum Gasteiger partial charge on any atom is -0.480 e. The summed E-state index contributed by atoms with van der Waals surface area (Å²) in [7, 11) is 1.83. The van der Waals surface area contributed by atoms with Crippen molar-refractivity contribution in [3.05, 3.63) is 29.6 Å². The molecule has 1 atom stereocenters. The second-order valence-electron chi connectivity index (χ2n) is 5.98. The van der Waals surface area contributed by atoms with Gasteiger partial charge in [-0.3, -0.25) is 14.7 Å². The van der Waals surface area contributed by atoms with E-state index in [1.54, 1.807) is 0 Å². The third-order valence-electron chi connectivity index (χ3n) is 3.23. The Kier molecular flexibility index (Phi) is 5.06. The average molecular weight is 264 g/mol. The minimum atomic E-state index is -0.774. The highest BCUT2D eigenvalue weighted by Crippen LogP contribution is 2.20. The van der Waals surface area contributed by atoms with Crippen molar-refractivity contribution in [1.29, 1.82) is 0 Å². The van der Waals surface area contributed by atoms with E-state index in [2.05, 4.69) is 25.8 Å². The zero-order valence-electron chi connectivity index (χ0n) is 12.5. The van der Waals surface area contributed by atoms with E-state index < -0.39 is 12.0 Å². The summed E-state index contributed by atoms with van der Waals surface area (Å²) in [4.78, 5) is 17.4. The summed E-state index contributed by atoms with van der Waals surface area (Å²) in [5, 5.41) is 9.12. The van der Waals surface area contributed by atoms with Crippen molar-refractivity contribution in [2.45, 2.75) is 52.1 Å². The molecule has 0 aliphatic heterocycles. The van der Waals surface area contributed by atoms with Gasteiger partial charge in [-0.2, -0.15) is 0 Å². The molecule has 0 saturated heterocycles. The summed E-state index contributed by atoms with van der Waals surface area (Å²) in [6.45, 7) is 8.86. The smallest absolute Gasteiger partial charge is 0.320 e. The van der Waals surface area contributed by atoms with Gasteiger partial charge in [-0.05, 0) is 25.1 Å². The Labute approximate surface area is 115 Å². The van der Waals surface area contributed by atoms with Crippen LogP contribution in [0.25, 0.3) is 0 Å². The number of pyridine rings is 1. The van der Waals surface area contributed by atoms with E-state index >= 15 is 0 Å². The Morgan fingerprint density at radius 3 is 2.42 bits per heavy atom. The van der Waals surface area contributed by atoms with Gasteiger partial charge in [0.2, 0.25) is 0 Å². The zero-order chi connectivity index (χ0) is 14.6. The molecule has 4 nitrogen and oxygen atoms in total. The molecule has 1 heterocycles. The number of nitrogens with zero attached hydrogens (tertiary/aromatic N) is 2. The highest BCUT2D eigenvalue weighted by Gasteiger charge is 2.21. The van der Waals surface area contributed by atoms with Crippen LogP contribution in [0, 0.1) is 0 Å². The number of likely N-dealkylation sites (N-methyl/N-ethyl adjacent to an activating group) is 1. The number of aliphatic carboxylic acids is 1. The van der Waals surface area contributed by atoms with E-state index in [1.807, 2.05) is 37.2 Å². The molecule has 0 aliphatic rings. The SMILES string of the molecule is CC[C@H](C(=O)O)N(C)Cc1ccc(C(C)(C)C)nc1. The molecule has 4 heteroatoms. The fourth-order valence-electron chi connectivity index (χ4n) is 2.03. The van der Waals surface area contributed by atoms with Crippen LogP contribution in [0.2, 0.25) is 0 Å². The number of aromatic nitrogens is 1. The third-order valence-corrected chi connectivity index (χ3v) is 3.23. The lowest BCUT2D eigenvalue weighted by atomic mass is 9.91. The summed E-state index contributed by atoms with van der Waals surface area (Å²) in [5.74, 6) is -0.774. The summed E-state index contributed by atoms with van der Waals surface area (Å²) in [6, 6.07) is 3.60. The second kappa shape index (κ2) is 6.15. The maximum absolute atomic E-state index is 11.1. The standard InChI is InChI=1S/C15H24N2O2/c1-6-12(14(18)19)17(5)10-11-7-8-13(16-9-11)15(2,3)4/h7-9,12H,6,10H2,1-5H3,(H,18,19)/t12-/m1/s1. The van der Waals surface area contributed by atoms with Gasteiger partial charge in [0.25, 0.3) is 0 Å².